The number of ether oxygens (including phenoxy) is 1. The number of fused-ring (bicyclic) bond motifs is 1. The van der Waals surface area contributed by atoms with Gasteiger partial charge in [-0.3, -0.25) is 4.79 Å². The minimum atomic E-state index is -1.14. The third-order valence-electron chi connectivity index (χ3n) is 4.39. The highest BCUT2D eigenvalue weighted by atomic mass is 35.5. The van der Waals surface area contributed by atoms with Gasteiger partial charge in [-0.05, 0) is 37.6 Å². The van der Waals surface area contributed by atoms with Crippen LogP contribution in [0.15, 0.2) is 48.5 Å². The molecule has 3 aromatic rings. The van der Waals surface area contributed by atoms with Crippen LogP contribution < -0.4 is 5.32 Å². The van der Waals surface area contributed by atoms with Crippen LogP contribution in [0.3, 0.4) is 0 Å². The van der Waals surface area contributed by atoms with Gasteiger partial charge in [-0.2, -0.15) is 0 Å². The molecule has 0 unspecified atom stereocenters. The first-order valence-electron chi connectivity index (χ1n) is 8.50. The highest BCUT2D eigenvalue weighted by molar-refractivity contribution is 6.31. The Bertz CT molecular complexity index is 1080. The molecule has 3 N–H and O–H groups in total. The minimum absolute atomic E-state index is 0.174. The summed E-state index contributed by atoms with van der Waals surface area (Å²) in [5, 5.41) is 24.3. The maximum absolute atomic E-state index is 12.5. The van der Waals surface area contributed by atoms with E-state index in [2.05, 4.69) is 5.32 Å². The van der Waals surface area contributed by atoms with Gasteiger partial charge in [0, 0.05) is 21.5 Å². The molecule has 0 saturated heterocycles. The monoisotopic (exact) mass is 399 g/mol. The number of phenolic OH excluding ortho intramolecular Hbond substituents is 2. The summed E-state index contributed by atoms with van der Waals surface area (Å²) in [4.78, 5) is 24.8. The van der Waals surface area contributed by atoms with Gasteiger partial charge in [-0.15, -0.1) is 0 Å². The van der Waals surface area contributed by atoms with Crippen molar-refractivity contribution in [2.75, 3.05) is 5.32 Å². The van der Waals surface area contributed by atoms with Crippen LogP contribution >= 0.6 is 11.6 Å². The summed E-state index contributed by atoms with van der Waals surface area (Å²) < 4.78 is 5.17. The fourth-order valence-electron chi connectivity index (χ4n) is 2.75. The zero-order chi connectivity index (χ0) is 20.4. The maximum atomic E-state index is 12.5. The van der Waals surface area contributed by atoms with Crippen molar-refractivity contribution in [3.63, 3.8) is 0 Å². The van der Waals surface area contributed by atoms with Gasteiger partial charge < -0.3 is 20.3 Å². The molecule has 28 heavy (non-hydrogen) atoms. The molecule has 0 aliphatic carbocycles. The van der Waals surface area contributed by atoms with Crippen molar-refractivity contribution in [2.45, 2.75) is 20.0 Å². The van der Waals surface area contributed by atoms with E-state index in [1.807, 2.05) is 0 Å². The number of hydrogen-bond acceptors (Lipinski definition) is 5. The van der Waals surface area contributed by atoms with E-state index in [9.17, 15) is 19.8 Å². The average Bonchev–Trinajstić information content (AvgIpc) is 2.68. The molecule has 0 bridgehead atoms. The van der Waals surface area contributed by atoms with E-state index in [-0.39, 0.29) is 17.1 Å². The molecule has 0 saturated carbocycles. The molecule has 144 valence electrons. The van der Waals surface area contributed by atoms with E-state index in [1.165, 1.54) is 6.92 Å². The lowest BCUT2D eigenvalue weighted by atomic mass is 10.0. The third-order valence-corrected chi connectivity index (χ3v) is 4.80. The number of nitrogens with one attached hydrogen (secondary N) is 1. The number of anilines is 1. The lowest BCUT2D eigenvalue weighted by Gasteiger charge is -2.16. The molecule has 0 aliphatic rings. The number of carbonyl (C=O) groups is 2. The van der Waals surface area contributed by atoms with Gasteiger partial charge in [0.25, 0.3) is 5.91 Å². The van der Waals surface area contributed by atoms with Crippen molar-refractivity contribution in [2.24, 2.45) is 0 Å². The number of carbonyl (C=O) groups excluding carboxylic acids is 2. The van der Waals surface area contributed by atoms with Gasteiger partial charge in [0.1, 0.15) is 17.1 Å². The second kappa shape index (κ2) is 7.78. The zero-order valence-corrected chi connectivity index (χ0v) is 15.9. The Balaban J connectivity index is 1.79. The predicted molar refractivity (Wildman–Crippen MR) is 107 cm³/mol. The van der Waals surface area contributed by atoms with Crippen LogP contribution in [0, 0.1) is 6.92 Å². The molecule has 6 nitrogen and oxygen atoms in total. The number of hydrogen-bond donors (Lipinski definition) is 3. The largest absolute Gasteiger partial charge is 0.507 e. The lowest BCUT2D eigenvalue weighted by Crippen LogP contribution is -2.30. The smallest absolute Gasteiger partial charge is 0.342 e. The Morgan fingerprint density at radius 1 is 1.07 bits per heavy atom. The third kappa shape index (κ3) is 3.73. The van der Waals surface area contributed by atoms with E-state index in [1.54, 1.807) is 49.4 Å². The highest BCUT2D eigenvalue weighted by Crippen LogP contribution is 2.35. The Kier molecular flexibility index (Phi) is 5.42. The number of amides is 1. The van der Waals surface area contributed by atoms with Crippen LogP contribution in [0.2, 0.25) is 5.02 Å². The lowest BCUT2D eigenvalue weighted by molar-refractivity contribution is -0.123. The molecule has 0 aliphatic heterocycles. The van der Waals surface area contributed by atoms with E-state index < -0.39 is 18.0 Å². The first-order chi connectivity index (χ1) is 13.3. The quantitative estimate of drug-likeness (QED) is 0.446. The van der Waals surface area contributed by atoms with E-state index in [4.69, 9.17) is 16.3 Å². The topological polar surface area (TPSA) is 95.9 Å². The van der Waals surface area contributed by atoms with Crippen molar-refractivity contribution in [3.05, 3.63) is 64.7 Å². The summed E-state index contributed by atoms with van der Waals surface area (Å²) in [6, 6.07) is 12.7. The van der Waals surface area contributed by atoms with Gasteiger partial charge in [-0.25, -0.2) is 4.79 Å². The molecule has 3 aromatic carbocycles. The highest BCUT2D eigenvalue weighted by Gasteiger charge is 2.23. The first kappa shape index (κ1) is 19.5. The standard InChI is InChI=1S/C21H18ClNO5/c1-11-16(22)8-5-9-17(11)23-20(26)12(2)28-21(27)15-10-18(24)13-6-3-4-7-14(13)19(15)25/h3-10,12,24-25H,1-2H3,(H,23,26)/t12-/m1/s1. The molecule has 0 heterocycles. The van der Waals surface area contributed by atoms with Crippen LogP contribution in [0.5, 0.6) is 11.5 Å². The fraction of sp³-hybridized carbons (Fsp3) is 0.143. The minimum Gasteiger partial charge on any atom is -0.507 e. The Labute approximate surface area is 166 Å². The number of benzene rings is 3. The summed E-state index contributed by atoms with van der Waals surface area (Å²) in [5.41, 5.74) is 0.967. The zero-order valence-electron chi connectivity index (χ0n) is 15.2. The SMILES string of the molecule is Cc1c(Cl)cccc1NC(=O)[C@@H](C)OC(=O)c1cc(O)c2ccccc2c1O. The van der Waals surface area contributed by atoms with Crippen LogP contribution in [-0.2, 0) is 9.53 Å². The molecule has 0 aromatic heterocycles. The average molecular weight is 400 g/mol. The van der Waals surface area contributed by atoms with Crippen LogP contribution in [0.4, 0.5) is 5.69 Å². The Morgan fingerprint density at radius 3 is 2.46 bits per heavy atom. The Hall–Kier alpha value is -3.25. The molecule has 0 fully saturated rings. The van der Waals surface area contributed by atoms with Gasteiger partial charge >= 0.3 is 5.97 Å². The van der Waals surface area contributed by atoms with Crippen LogP contribution in [0.25, 0.3) is 10.8 Å². The maximum Gasteiger partial charge on any atom is 0.342 e. The summed E-state index contributed by atoms with van der Waals surface area (Å²) in [5.74, 6) is -1.98. The van der Waals surface area contributed by atoms with Crippen molar-refractivity contribution >= 4 is 39.9 Å². The summed E-state index contributed by atoms with van der Waals surface area (Å²) in [7, 11) is 0. The first-order valence-corrected chi connectivity index (χ1v) is 8.88. The van der Waals surface area contributed by atoms with E-state index >= 15 is 0 Å². The molecule has 0 radical (unpaired) electrons. The van der Waals surface area contributed by atoms with E-state index in [0.29, 0.717) is 27.0 Å². The number of rotatable bonds is 4. The van der Waals surface area contributed by atoms with E-state index in [0.717, 1.165) is 6.07 Å². The number of esters is 1. The molecular formula is C21H18ClNO5. The number of halogens is 1. The van der Waals surface area contributed by atoms with Gasteiger partial charge in [-0.1, -0.05) is 41.9 Å². The Morgan fingerprint density at radius 2 is 1.75 bits per heavy atom. The molecular weight excluding hydrogens is 382 g/mol. The van der Waals surface area contributed by atoms with Crippen molar-refractivity contribution < 1.29 is 24.5 Å². The summed E-state index contributed by atoms with van der Waals surface area (Å²) in [6.45, 7) is 3.16. The molecule has 3 rings (SSSR count). The normalized spacial score (nSPS) is 11.8. The van der Waals surface area contributed by atoms with Gasteiger partial charge in [0.05, 0.1) is 0 Å². The van der Waals surface area contributed by atoms with Crippen molar-refractivity contribution in [1.82, 2.24) is 0 Å². The number of phenols is 2. The van der Waals surface area contributed by atoms with Crippen molar-refractivity contribution in [1.29, 1.82) is 0 Å². The van der Waals surface area contributed by atoms with Crippen LogP contribution in [-0.4, -0.2) is 28.2 Å². The molecule has 7 heteroatoms. The fourth-order valence-corrected chi connectivity index (χ4v) is 2.93. The van der Waals surface area contributed by atoms with Crippen molar-refractivity contribution in [3.8, 4) is 11.5 Å². The van der Waals surface area contributed by atoms with Gasteiger partial charge in [0.15, 0.2) is 6.10 Å². The summed E-state index contributed by atoms with van der Waals surface area (Å²) in [6.07, 6.45) is -1.14. The molecule has 1 atom stereocenters. The molecule has 0 spiro atoms. The summed E-state index contributed by atoms with van der Waals surface area (Å²) >= 11 is 6.03. The number of aromatic hydroxyl groups is 2. The van der Waals surface area contributed by atoms with Gasteiger partial charge in [0.2, 0.25) is 0 Å². The second-order valence-corrected chi connectivity index (χ2v) is 6.69. The second-order valence-electron chi connectivity index (χ2n) is 6.29. The van der Waals surface area contributed by atoms with Crippen LogP contribution in [0.1, 0.15) is 22.8 Å². The predicted octanol–water partition coefficient (Wildman–Crippen LogP) is 4.40. The molecule has 1 amide bonds.